The second kappa shape index (κ2) is 7.43. The van der Waals surface area contributed by atoms with Crippen LogP contribution in [0.4, 0.5) is 0 Å². The molecule has 0 unspecified atom stereocenters. The van der Waals surface area contributed by atoms with Gasteiger partial charge in [-0.25, -0.2) is 0 Å². The van der Waals surface area contributed by atoms with Gasteiger partial charge in [0.15, 0.2) is 0 Å². The van der Waals surface area contributed by atoms with Gasteiger partial charge in [0, 0.05) is 19.6 Å². The van der Waals surface area contributed by atoms with Gasteiger partial charge in [-0.2, -0.15) is 0 Å². The molecule has 0 aromatic heterocycles. The first kappa shape index (κ1) is 17.9. The topological polar surface area (TPSA) is 55.8 Å². The number of aliphatic hydroxyl groups is 1. The van der Waals surface area contributed by atoms with Crippen molar-refractivity contribution in [1.82, 2.24) is 15.1 Å². The molecule has 1 aliphatic rings. The molecule has 5 nitrogen and oxygen atoms in total. The van der Waals surface area contributed by atoms with Gasteiger partial charge in [0.2, 0.25) is 0 Å². The van der Waals surface area contributed by atoms with E-state index in [0.717, 1.165) is 13.1 Å². The van der Waals surface area contributed by atoms with Crippen molar-refractivity contribution in [1.29, 1.82) is 0 Å². The van der Waals surface area contributed by atoms with E-state index in [4.69, 9.17) is 0 Å². The van der Waals surface area contributed by atoms with Crippen LogP contribution in [0.2, 0.25) is 0 Å². The fourth-order valence-corrected chi connectivity index (χ4v) is 3.10. The molecule has 1 atom stereocenters. The van der Waals surface area contributed by atoms with Crippen molar-refractivity contribution in [2.45, 2.75) is 31.4 Å². The lowest BCUT2D eigenvalue weighted by molar-refractivity contribution is -0.144. The summed E-state index contributed by atoms with van der Waals surface area (Å²) in [5.74, 6) is -0.244. The van der Waals surface area contributed by atoms with Crippen molar-refractivity contribution >= 4 is 5.91 Å². The van der Waals surface area contributed by atoms with Crippen molar-refractivity contribution in [3.8, 4) is 0 Å². The fraction of sp³-hybridized carbons (Fsp3) is 0.611. The SMILES string of the molecule is Cc1ccccc1[C@@H](CNC(=O)C1(O)CCN(C)CC1)N(C)C. The van der Waals surface area contributed by atoms with Crippen LogP contribution in [0.5, 0.6) is 0 Å². The van der Waals surface area contributed by atoms with Gasteiger partial charge < -0.3 is 20.2 Å². The lowest BCUT2D eigenvalue weighted by Gasteiger charge is -2.36. The second-order valence-corrected chi connectivity index (χ2v) is 6.88. The number of likely N-dealkylation sites (N-methyl/N-ethyl adjacent to an activating group) is 1. The van der Waals surface area contributed by atoms with Gasteiger partial charge in [-0.3, -0.25) is 4.79 Å². The Labute approximate surface area is 139 Å². The highest BCUT2D eigenvalue weighted by Crippen LogP contribution is 2.24. The predicted molar refractivity (Wildman–Crippen MR) is 92.3 cm³/mol. The Kier molecular flexibility index (Phi) is 5.79. The maximum Gasteiger partial charge on any atom is 0.252 e. The molecule has 1 aromatic carbocycles. The zero-order valence-corrected chi connectivity index (χ0v) is 14.7. The van der Waals surface area contributed by atoms with E-state index in [0.29, 0.717) is 19.4 Å². The average Bonchev–Trinajstić information content (AvgIpc) is 2.51. The normalized spacial score (nSPS) is 19.6. The standard InChI is InChI=1S/C18H29N3O2/c1-14-7-5-6-8-15(14)16(20(2)3)13-19-17(22)18(23)9-11-21(4)12-10-18/h5-8,16,23H,9-13H2,1-4H3,(H,19,22)/t16-/m1/s1. The van der Waals surface area contributed by atoms with E-state index >= 15 is 0 Å². The van der Waals surface area contributed by atoms with Crippen LogP contribution in [0, 0.1) is 6.92 Å². The molecule has 1 fully saturated rings. The van der Waals surface area contributed by atoms with Crippen LogP contribution in [0.15, 0.2) is 24.3 Å². The monoisotopic (exact) mass is 319 g/mol. The van der Waals surface area contributed by atoms with Crippen LogP contribution in [-0.4, -0.2) is 67.2 Å². The summed E-state index contributed by atoms with van der Waals surface area (Å²) < 4.78 is 0. The predicted octanol–water partition coefficient (Wildman–Crippen LogP) is 1.17. The van der Waals surface area contributed by atoms with Gasteiger partial charge in [0.25, 0.3) is 5.91 Å². The molecular weight excluding hydrogens is 290 g/mol. The molecule has 0 bridgehead atoms. The van der Waals surface area contributed by atoms with E-state index in [1.54, 1.807) is 0 Å². The van der Waals surface area contributed by atoms with Crippen molar-refractivity contribution in [3.05, 3.63) is 35.4 Å². The van der Waals surface area contributed by atoms with Crippen LogP contribution in [0.25, 0.3) is 0 Å². The highest BCUT2D eigenvalue weighted by Gasteiger charge is 2.38. The molecular formula is C18H29N3O2. The number of likely N-dealkylation sites (tertiary alicyclic amines) is 1. The summed E-state index contributed by atoms with van der Waals surface area (Å²) in [4.78, 5) is 16.7. The van der Waals surface area contributed by atoms with Gasteiger partial charge in [0.1, 0.15) is 5.60 Å². The smallest absolute Gasteiger partial charge is 0.252 e. The molecule has 1 heterocycles. The molecule has 128 valence electrons. The first-order chi connectivity index (χ1) is 10.8. The number of aryl methyl sites for hydroxylation is 1. The van der Waals surface area contributed by atoms with Gasteiger partial charge in [-0.05, 0) is 52.0 Å². The number of carbonyl (C=O) groups excluding carboxylic acids is 1. The van der Waals surface area contributed by atoms with Gasteiger partial charge in [-0.15, -0.1) is 0 Å². The lowest BCUT2D eigenvalue weighted by atomic mass is 9.90. The Hall–Kier alpha value is -1.43. The molecule has 0 saturated carbocycles. The number of benzene rings is 1. The zero-order valence-electron chi connectivity index (χ0n) is 14.7. The maximum absolute atomic E-state index is 12.5. The van der Waals surface area contributed by atoms with Crippen molar-refractivity contribution < 1.29 is 9.90 Å². The quantitative estimate of drug-likeness (QED) is 0.855. The lowest BCUT2D eigenvalue weighted by Crippen LogP contribution is -2.54. The number of carbonyl (C=O) groups is 1. The molecule has 0 aliphatic carbocycles. The second-order valence-electron chi connectivity index (χ2n) is 6.88. The van der Waals surface area contributed by atoms with Crippen LogP contribution < -0.4 is 5.32 Å². The summed E-state index contributed by atoms with van der Waals surface area (Å²) in [6.45, 7) is 4.07. The Balaban J connectivity index is 2.02. The van der Waals surface area contributed by atoms with Gasteiger partial charge >= 0.3 is 0 Å². The van der Waals surface area contributed by atoms with E-state index in [9.17, 15) is 9.90 Å². The third-order valence-electron chi connectivity index (χ3n) is 4.86. The first-order valence-electron chi connectivity index (χ1n) is 8.24. The summed E-state index contributed by atoms with van der Waals surface area (Å²) in [7, 11) is 6.03. The molecule has 1 aliphatic heterocycles. The highest BCUT2D eigenvalue weighted by atomic mass is 16.3. The molecule has 1 aromatic rings. The Morgan fingerprint density at radius 2 is 1.96 bits per heavy atom. The summed E-state index contributed by atoms with van der Waals surface area (Å²) in [5, 5.41) is 13.5. The van der Waals surface area contributed by atoms with E-state index in [1.807, 2.05) is 33.3 Å². The number of hydrogen-bond acceptors (Lipinski definition) is 4. The molecule has 1 amide bonds. The molecule has 2 rings (SSSR count). The van der Waals surface area contributed by atoms with E-state index < -0.39 is 5.60 Å². The summed E-state index contributed by atoms with van der Waals surface area (Å²) in [6.07, 6.45) is 0.985. The Morgan fingerprint density at radius 3 is 2.52 bits per heavy atom. The van der Waals surface area contributed by atoms with Crippen LogP contribution in [0.3, 0.4) is 0 Å². The molecule has 5 heteroatoms. The van der Waals surface area contributed by atoms with Crippen molar-refractivity contribution in [2.75, 3.05) is 40.8 Å². The van der Waals surface area contributed by atoms with Crippen molar-refractivity contribution in [2.24, 2.45) is 0 Å². The Bertz CT molecular complexity index is 537. The van der Waals surface area contributed by atoms with Crippen LogP contribution in [-0.2, 0) is 4.79 Å². The summed E-state index contributed by atoms with van der Waals surface area (Å²) in [5.41, 5.74) is 1.18. The van der Waals surface area contributed by atoms with Gasteiger partial charge in [-0.1, -0.05) is 24.3 Å². The van der Waals surface area contributed by atoms with E-state index in [-0.39, 0.29) is 11.9 Å². The molecule has 1 saturated heterocycles. The minimum atomic E-state index is -1.23. The minimum absolute atomic E-state index is 0.0926. The first-order valence-corrected chi connectivity index (χ1v) is 8.24. The van der Waals surface area contributed by atoms with Gasteiger partial charge in [0.05, 0.1) is 6.04 Å². The number of piperidine rings is 1. The number of nitrogens with one attached hydrogen (secondary N) is 1. The number of amides is 1. The third kappa shape index (κ3) is 4.31. The van der Waals surface area contributed by atoms with Crippen LogP contribution >= 0.6 is 0 Å². The third-order valence-corrected chi connectivity index (χ3v) is 4.86. The molecule has 0 radical (unpaired) electrons. The highest BCUT2D eigenvalue weighted by molar-refractivity contribution is 5.85. The molecule has 2 N–H and O–H groups in total. The van der Waals surface area contributed by atoms with Crippen molar-refractivity contribution in [3.63, 3.8) is 0 Å². The van der Waals surface area contributed by atoms with Crippen LogP contribution in [0.1, 0.15) is 30.0 Å². The largest absolute Gasteiger partial charge is 0.380 e. The summed E-state index contributed by atoms with van der Waals surface area (Å²) >= 11 is 0. The minimum Gasteiger partial charge on any atom is -0.380 e. The fourth-order valence-electron chi connectivity index (χ4n) is 3.10. The number of hydrogen-bond donors (Lipinski definition) is 2. The van der Waals surface area contributed by atoms with E-state index in [1.165, 1.54) is 11.1 Å². The summed E-state index contributed by atoms with van der Waals surface area (Å²) in [6, 6.07) is 8.31. The number of nitrogens with zero attached hydrogens (tertiary/aromatic N) is 2. The molecule has 23 heavy (non-hydrogen) atoms. The number of rotatable bonds is 5. The Morgan fingerprint density at radius 1 is 1.35 bits per heavy atom. The molecule has 0 spiro atoms. The zero-order chi connectivity index (χ0) is 17.0. The van der Waals surface area contributed by atoms with E-state index in [2.05, 4.69) is 34.2 Å². The maximum atomic E-state index is 12.5. The average molecular weight is 319 g/mol.